The van der Waals surface area contributed by atoms with Crippen LogP contribution >= 0.6 is 11.6 Å². The van der Waals surface area contributed by atoms with E-state index in [1.54, 1.807) is 24.3 Å². The van der Waals surface area contributed by atoms with Gasteiger partial charge in [-0.1, -0.05) is 17.7 Å². The van der Waals surface area contributed by atoms with E-state index in [-0.39, 0.29) is 22.7 Å². The summed E-state index contributed by atoms with van der Waals surface area (Å²) >= 11 is 5.84. The summed E-state index contributed by atoms with van der Waals surface area (Å²) in [5.74, 6) is -2.35. The number of esters is 1. The topological polar surface area (TPSA) is 183 Å². The highest BCUT2D eigenvalue weighted by molar-refractivity contribution is 6.30. The number of para-hydroxylation sites is 1. The minimum absolute atomic E-state index is 0.0249. The SMILES string of the molecule is O=C(/C=C/c1ccc([N+](=O)[O-])cc1)Oc1c(/C=N/NC(=O)c2ccc(NC(=O)c3ccc(Cl)cc3)cc2)cccc1[N+](=O)[O-]. The van der Waals surface area contributed by atoms with Crippen molar-refractivity contribution in [2.24, 2.45) is 5.10 Å². The van der Waals surface area contributed by atoms with Crippen molar-refractivity contribution in [2.75, 3.05) is 5.32 Å². The third-order valence-corrected chi connectivity index (χ3v) is 6.07. The van der Waals surface area contributed by atoms with Gasteiger partial charge in [-0.05, 0) is 78.4 Å². The monoisotopic (exact) mass is 613 g/mol. The maximum atomic E-state index is 12.6. The van der Waals surface area contributed by atoms with Crippen LogP contribution in [0, 0.1) is 20.2 Å². The van der Waals surface area contributed by atoms with Crippen LogP contribution in [0.4, 0.5) is 17.1 Å². The number of hydrogen-bond acceptors (Lipinski definition) is 9. The Morgan fingerprint density at radius 1 is 0.795 bits per heavy atom. The van der Waals surface area contributed by atoms with Crippen molar-refractivity contribution in [3.63, 3.8) is 0 Å². The zero-order valence-corrected chi connectivity index (χ0v) is 23.1. The van der Waals surface area contributed by atoms with Crippen LogP contribution in [0.5, 0.6) is 5.75 Å². The highest BCUT2D eigenvalue weighted by Crippen LogP contribution is 2.30. The van der Waals surface area contributed by atoms with Crippen LogP contribution in [0.25, 0.3) is 6.08 Å². The van der Waals surface area contributed by atoms with E-state index in [9.17, 15) is 34.6 Å². The average Bonchev–Trinajstić information content (AvgIpc) is 3.01. The number of nitro benzene ring substituents is 2. The molecular weight excluding hydrogens is 594 g/mol. The van der Waals surface area contributed by atoms with Gasteiger partial charge in [-0.3, -0.25) is 29.8 Å². The zero-order chi connectivity index (χ0) is 31.6. The second-order valence-electron chi connectivity index (χ2n) is 8.79. The van der Waals surface area contributed by atoms with E-state index < -0.39 is 33.2 Å². The number of benzene rings is 4. The molecule has 0 unspecified atom stereocenters. The molecule has 44 heavy (non-hydrogen) atoms. The van der Waals surface area contributed by atoms with Crippen molar-refractivity contribution in [1.82, 2.24) is 5.43 Å². The van der Waals surface area contributed by atoms with Gasteiger partial charge in [0.25, 0.3) is 17.5 Å². The number of carbonyl (C=O) groups excluding carboxylic acids is 3. The van der Waals surface area contributed by atoms with Crippen LogP contribution in [-0.4, -0.2) is 33.8 Å². The van der Waals surface area contributed by atoms with Gasteiger partial charge in [-0.2, -0.15) is 5.10 Å². The molecule has 4 aromatic rings. The van der Waals surface area contributed by atoms with Gasteiger partial charge in [0, 0.05) is 51.7 Å². The maximum absolute atomic E-state index is 12.6. The molecule has 0 radical (unpaired) electrons. The predicted molar refractivity (Wildman–Crippen MR) is 162 cm³/mol. The number of ether oxygens (including phenoxy) is 1. The molecular formula is C30H20ClN5O8. The second kappa shape index (κ2) is 14.1. The van der Waals surface area contributed by atoms with Gasteiger partial charge in [0.2, 0.25) is 5.75 Å². The van der Waals surface area contributed by atoms with Crippen LogP contribution in [0.15, 0.2) is 102 Å². The lowest BCUT2D eigenvalue weighted by Gasteiger charge is -2.07. The van der Waals surface area contributed by atoms with E-state index >= 15 is 0 Å². The van der Waals surface area contributed by atoms with Gasteiger partial charge in [0.1, 0.15) is 0 Å². The number of non-ortho nitro benzene ring substituents is 1. The molecule has 13 nitrogen and oxygen atoms in total. The molecule has 0 atom stereocenters. The molecule has 0 aliphatic heterocycles. The zero-order valence-electron chi connectivity index (χ0n) is 22.4. The third kappa shape index (κ3) is 8.18. The number of carbonyl (C=O) groups is 3. The fourth-order valence-corrected chi connectivity index (χ4v) is 3.77. The van der Waals surface area contributed by atoms with E-state index in [4.69, 9.17) is 16.3 Å². The summed E-state index contributed by atoms with van der Waals surface area (Å²) in [7, 11) is 0. The predicted octanol–water partition coefficient (Wildman–Crippen LogP) is 5.79. The van der Waals surface area contributed by atoms with E-state index in [0.717, 1.165) is 18.4 Å². The Hall–Kier alpha value is -6.21. The highest BCUT2D eigenvalue weighted by Gasteiger charge is 2.21. The minimum atomic E-state index is -0.959. The fraction of sp³-hybridized carbons (Fsp3) is 0. The number of nitro groups is 2. The van der Waals surface area contributed by atoms with Crippen molar-refractivity contribution in [3.05, 3.63) is 145 Å². The second-order valence-corrected chi connectivity index (χ2v) is 9.23. The molecule has 4 rings (SSSR count). The van der Waals surface area contributed by atoms with E-state index in [1.807, 2.05) is 0 Å². The molecule has 14 heteroatoms. The lowest BCUT2D eigenvalue weighted by atomic mass is 10.1. The molecule has 0 saturated carbocycles. The van der Waals surface area contributed by atoms with Gasteiger partial charge in [-0.25, -0.2) is 10.2 Å². The first-order valence-electron chi connectivity index (χ1n) is 12.5. The number of halogens is 1. The maximum Gasteiger partial charge on any atom is 0.336 e. The van der Waals surface area contributed by atoms with Crippen molar-refractivity contribution in [3.8, 4) is 5.75 Å². The van der Waals surface area contributed by atoms with Crippen LogP contribution < -0.4 is 15.5 Å². The highest BCUT2D eigenvalue weighted by atomic mass is 35.5. The van der Waals surface area contributed by atoms with Gasteiger partial charge in [0.15, 0.2) is 0 Å². The number of anilines is 1. The van der Waals surface area contributed by atoms with Crippen molar-refractivity contribution >= 4 is 58.7 Å². The van der Waals surface area contributed by atoms with Crippen LogP contribution in [0.3, 0.4) is 0 Å². The Morgan fingerprint density at radius 3 is 2.07 bits per heavy atom. The average molecular weight is 614 g/mol. The van der Waals surface area contributed by atoms with Crippen LogP contribution in [0.1, 0.15) is 31.8 Å². The lowest BCUT2D eigenvalue weighted by Crippen LogP contribution is -2.18. The normalized spacial score (nSPS) is 10.8. The molecule has 0 saturated heterocycles. The van der Waals surface area contributed by atoms with E-state index in [0.29, 0.717) is 21.8 Å². The van der Waals surface area contributed by atoms with Gasteiger partial charge >= 0.3 is 11.7 Å². The smallest absolute Gasteiger partial charge is 0.336 e. The molecule has 0 aliphatic rings. The number of hydrazone groups is 1. The summed E-state index contributed by atoms with van der Waals surface area (Å²) in [6.45, 7) is 0. The number of nitrogens with one attached hydrogen (secondary N) is 2. The Labute approximate surface area is 253 Å². The van der Waals surface area contributed by atoms with Gasteiger partial charge in [0.05, 0.1) is 16.1 Å². The van der Waals surface area contributed by atoms with Crippen LogP contribution in [0.2, 0.25) is 5.02 Å². The first kappa shape index (κ1) is 30.7. The first-order chi connectivity index (χ1) is 21.1. The number of nitrogens with zero attached hydrogens (tertiary/aromatic N) is 3. The van der Waals surface area contributed by atoms with Crippen molar-refractivity contribution in [1.29, 1.82) is 0 Å². The molecule has 0 aliphatic carbocycles. The van der Waals surface area contributed by atoms with E-state index in [2.05, 4.69) is 15.8 Å². The summed E-state index contributed by atoms with van der Waals surface area (Å²) in [4.78, 5) is 58.4. The summed E-state index contributed by atoms with van der Waals surface area (Å²) in [6.07, 6.45) is 3.40. The Morgan fingerprint density at radius 2 is 1.43 bits per heavy atom. The number of amides is 2. The minimum Gasteiger partial charge on any atom is -0.415 e. The van der Waals surface area contributed by atoms with Gasteiger partial charge in [-0.15, -0.1) is 0 Å². The fourth-order valence-electron chi connectivity index (χ4n) is 3.64. The molecule has 220 valence electrons. The molecule has 0 aromatic heterocycles. The molecule has 2 N–H and O–H groups in total. The number of rotatable bonds is 10. The summed E-state index contributed by atoms with van der Waals surface area (Å²) in [5, 5.41) is 29.4. The first-order valence-corrected chi connectivity index (χ1v) is 12.9. The summed E-state index contributed by atoms with van der Waals surface area (Å²) in [5.41, 5.74) is 3.16. The Bertz CT molecular complexity index is 1790. The lowest BCUT2D eigenvalue weighted by molar-refractivity contribution is -0.385. The molecule has 0 fully saturated rings. The summed E-state index contributed by atoms with van der Waals surface area (Å²) < 4.78 is 5.23. The standard InChI is InChI=1S/C30H20ClN5O8/c31-23-11-7-20(8-12-23)29(38)33-24-13-9-21(10-14-24)30(39)34-32-18-22-2-1-3-26(36(42)43)28(22)44-27(37)17-6-19-4-15-25(16-5-19)35(40)41/h1-18H,(H,33,38)(H,34,39)/b17-6+,32-18+. The number of hydrogen-bond donors (Lipinski definition) is 2. The van der Waals surface area contributed by atoms with Crippen LogP contribution in [-0.2, 0) is 4.79 Å². The molecule has 0 spiro atoms. The van der Waals surface area contributed by atoms with E-state index in [1.165, 1.54) is 66.7 Å². The third-order valence-electron chi connectivity index (χ3n) is 5.82. The summed E-state index contributed by atoms with van der Waals surface area (Å²) in [6, 6.07) is 21.5. The van der Waals surface area contributed by atoms with Gasteiger partial charge < -0.3 is 10.1 Å². The van der Waals surface area contributed by atoms with Crippen molar-refractivity contribution < 1.29 is 29.0 Å². The molecule has 0 heterocycles. The quantitative estimate of drug-likeness (QED) is 0.0562. The van der Waals surface area contributed by atoms with Crippen molar-refractivity contribution in [2.45, 2.75) is 0 Å². The Kier molecular flexibility index (Phi) is 9.86. The molecule has 0 bridgehead atoms. The largest absolute Gasteiger partial charge is 0.415 e. The Balaban J connectivity index is 1.41. The molecule has 4 aromatic carbocycles. The molecule has 2 amide bonds.